The number of carbonyl (C=O) groups excluding carboxylic acids is 2. The van der Waals surface area contributed by atoms with E-state index in [0.29, 0.717) is 25.1 Å². The number of alkyl halides is 3. The lowest BCUT2D eigenvalue weighted by molar-refractivity contribution is -0.140. The largest absolute Gasteiger partial charge is 0.416 e. The normalized spacial score (nSPS) is 19.0. The molecular weight excluding hydrogens is 309 g/mol. The first-order chi connectivity index (χ1) is 10.8. The summed E-state index contributed by atoms with van der Waals surface area (Å²) >= 11 is 0. The minimum atomic E-state index is -4.38. The monoisotopic (exact) mass is 326 g/mol. The third-order valence-corrected chi connectivity index (χ3v) is 3.66. The molecule has 0 aromatic heterocycles. The second kappa shape index (κ2) is 6.85. The van der Waals surface area contributed by atoms with Gasteiger partial charge in [-0.15, -0.1) is 0 Å². The molecule has 124 valence electrons. The molecule has 1 N–H and O–H groups in total. The summed E-state index contributed by atoms with van der Waals surface area (Å²) in [6, 6.07) is 4.02. The van der Waals surface area contributed by atoms with E-state index in [1.165, 1.54) is 29.2 Å². The quantitative estimate of drug-likeness (QED) is 0.868. The molecule has 0 aliphatic carbocycles. The zero-order valence-corrected chi connectivity index (χ0v) is 12.6. The number of hydrogen-bond donors (Lipinski definition) is 1. The third-order valence-electron chi connectivity index (χ3n) is 3.66. The lowest BCUT2D eigenvalue weighted by Gasteiger charge is -2.33. The average molecular weight is 326 g/mol. The molecule has 1 aromatic carbocycles. The topological polar surface area (TPSA) is 49.4 Å². The van der Waals surface area contributed by atoms with Crippen molar-refractivity contribution in [2.45, 2.75) is 25.6 Å². The predicted molar refractivity (Wildman–Crippen MR) is 79.3 cm³/mol. The zero-order chi connectivity index (χ0) is 17.0. The van der Waals surface area contributed by atoms with E-state index in [1.54, 1.807) is 0 Å². The molecule has 2 amide bonds. The number of carbonyl (C=O) groups is 2. The van der Waals surface area contributed by atoms with Gasteiger partial charge in [0, 0.05) is 19.2 Å². The summed E-state index contributed by atoms with van der Waals surface area (Å²) in [5.74, 6) is -0.512. The lowest BCUT2D eigenvalue weighted by atomic mass is 10.1. The van der Waals surface area contributed by atoms with Crippen LogP contribution in [0.5, 0.6) is 0 Å². The Morgan fingerprint density at radius 1 is 1.35 bits per heavy atom. The van der Waals surface area contributed by atoms with Crippen molar-refractivity contribution in [1.82, 2.24) is 10.2 Å². The van der Waals surface area contributed by atoms with Crippen molar-refractivity contribution in [2.24, 2.45) is 0 Å². The highest BCUT2D eigenvalue weighted by molar-refractivity contribution is 5.96. The highest BCUT2D eigenvalue weighted by Crippen LogP contribution is 2.29. The molecule has 4 nitrogen and oxygen atoms in total. The van der Waals surface area contributed by atoms with E-state index in [4.69, 9.17) is 0 Å². The molecule has 0 spiro atoms. The van der Waals surface area contributed by atoms with Crippen molar-refractivity contribution < 1.29 is 22.8 Å². The van der Waals surface area contributed by atoms with Crippen LogP contribution in [0, 0.1) is 0 Å². The molecule has 1 fully saturated rings. The minimum Gasteiger partial charge on any atom is -0.353 e. The molecule has 1 aliphatic rings. The molecule has 0 bridgehead atoms. The molecule has 1 atom stereocenters. The number of rotatable bonds is 3. The summed E-state index contributed by atoms with van der Waals surface area (Å²) < 4.78 is 37.4. The van der Waals surface area contributed by atoms with Gasteiger partial charge < -0.3 is 10.2 Å². The number of nitrogens with one attached hydrogen (secondary N) is 1. The van der Waals surface area contributed by atoms with Crippen molar-refractivity contribution in [2.75, 3.05) is 13.1 Å². The maximum Gasteiger partial charge on any atom is 0.416 e. The summed E-state index contributed by atoms with van der Waals surface area (Å²) in [6.07, 6.45) is -1.15. The summed E-state index contributed by atoms with van der Waals surface area (Å²) in [5, 5.41) is 2.70. The van der Waals surface area contributed by atoms with Gasteiger partial charge in [0.05, 0.1) is 5.56 Å². The molecule has 1 saturated heterocycles. The second-order valence-electron chi connectivity index (χ2n) is 5.20. The fourth-order valence-electron chi connectivity index (χ4n) is 2.43. The molecule has 7 heteroatoms. The number of piperazine rings is 1. The maximum atomic E-state index is 12.5. The fourth-order valence-corrected chi connectivity index (χ4v) is 2.43. The molecule has 0 radical (unpaired) electrons. The van der Waals surface area contributed by atoms with Crippen molar-refractivity contribution >= 4 is 17.9 Å². The first-order valence-corrected chi connectivity index (χ1v) is 7.26. The Morgan fingerprint density at radius 2 is 2.00 bits per heavy atom. The SMILES string of the molecule is CCC1C(=O)NCCN1C(=O)/C=C/c1ccc(C(F)(F)F)cc1. The molecule has 1 heterocycles. The van der Waals surface area contributed by atoms with Crippen molar-refractivity contribution in [3.8, 4) is 0 Å². The van der Waals surface area contributed by atoms with E-state index >= 15 is 0 Å². The van der Waals surface area contributed by atoms with Crippen molar-refractivity contribution in [3.05, 3.63) is 41.5 Å². The molecule has 23 heavy (non-hydrogen) atoms. The van der Waals surface area contributed by atoms with Crippen LogP contribution in [-0.2, 0) is 15.8 Å². The van der Waals surface area contributed by atoms with Gasteiger partial charge in [-0.3, -0.25) is 9.59 Å². The van der Waals surface area contributed by atoms with Gasteiger partial charge in [-0.1, -0.05) is 19.1 Å². The van der Waals surface area contributed by atoms with Crippen LogP contribution in [0.3, 0.4) is 0 Å². The van der Waals surface area contributed by atoms with Gasteiger partial charge in [0.15, 0.2) is 0 Å². The standard InChI is InChI=1S/C16H17F3N2O2/c1-2-13-15(23)20-9-10-21(13)14(22)8-5-11-3-6-12(7-4-11)16(17,18)19/h3-8,13H,2,9-10H2,1H3,(H,20,23)/b8-5+. The molecular formula is C16H17F3N2O2. The van der Waals surface area contributed by atoms with Crippen LogP contribution in [0.1, 0.15) is 24.5 Å². The Hall–Kier alpha value is -2.31. The van der Waals surface area contributed by atoms with Crippen molar-refractivity contribution in [3.63, 3.8) is 0 Å². The van der Waals surface area contributed by atoms with E-state index in [1.807, 2.05) is 6.92 Å². The Morgan fingerprint density at radius 3 is 2.57 bits per heavy atom. The van der Waals surface area contributed by atoms with Gasteiger partial charge in [0.1, 0.15) is 6.04 Å². The highest BCUT2D eigenvalue weighted by Gasteiger charge is 2.31. The fraction of sp³-hybridized carbons (Fsp3) is 0.375. The van der Waals surface area contributed by atoms with Gasteiger partial charge in [-0.05, 0) is 30.2 Å². The van der Waals surface area contributed by atoms with Crippen LogP contribution in [0.2, 0.25) is 0 Å². The van der Waals surface area contributed by atoms with Crippen LogP contribution >= 0.6 is 0 Å². The number of halogens is 3. The summed E-state index contributed by atoms with van der Waals surface area (Å²) in [6.45, 7) is 2.63. The van der Waals surface area contributed by atoms with Crippen LogP contribution in [0.25, 0.3) is 6.08 Å². The molecule has 1 aliphatic heterocycles. The maximum absolute atomic E-state index is 12.5. The van der Waals surface area contributed by atoms with E-state index in [9.17, 15) is 22.8 Å². The number of benzene rings is 1. The van der Waals surface area contributed by atoms with Gasteiger partial charge in [0.2, 0.25) is 11.8 Å². The first kappa shape index (κ1) is 17.1. The summed E-state index contributed by atoms with van der Waals surface area (Å²) in [5.41, 5.74) is -0.249. The predicted octanol–water partition coefficient (Wildman–Crippen LogP) is 2.46. The Kier molecular flexibility index (Phi) is 5.08. The van der Waals surface area contributed by atoms with E-state index in [0.717, 1.165) is 12.1 Å². The Bertz CT molecular complexity index is 609. The van der Waals surface area contributed by atoms with Crippen LogP contribution in [0.4, 0.5) is 13.2 Å². The smallest absolute Gasteiger partial charge is 0.353 e. The van der Waals surface area contributed by atoms with Crippen LogP contribution in [0.15, 0.2) is 30.3 Å². The number of nitrogens with zero attached hydrogens (tertiary/aromatic N) is 1. The van der Waals surface area contributed by atoms with Gasteiger partial charge in [-0.25, -0.2) is 0 Å². The molecule has 2 rings (SSSR count). The zero-order valence-electron chi connectivity index (χ0n) is 12.6. The number of hydrogen-bond acceptors (Lipinski definition) is 2. The van der Waals surface area contributed by atoms with E-state index in [2.05, 4.69) is 5.32 Å². The lowest BCUT2D eigenvalue weighted by Crippen LogP contribution is -2.56. The Balaban J connectivity index is 2.07. The van der Waals surface area contributed by atoms with E-state index in [-0.39, 0.29) is 11.8 Å². The van der Waals surface area contributed by atoms with Crippen LogP contribution in [-0.4, -0.2) is 35.8 Å². The number of amides is 2. The van der Waals surface area contributed by atoms with Gasteiger partial charge in [-0.2, -0.15) is 13.2 Å². The summed E-state index contributed by atoms with van der Waals surface area (Å²) in [4.78, 5) is 25.4. The van der Waals surface area contributed by atoms with Crippen molar-refractivity contribution in [1.29, 1.82) is 0 Å². The molecule has 0 saturated carbocycles. The van der Waals surface area contributed by atoms with E-state index < -0.39 is 17.8 Å². The average Bonchev–Trinajstić information content (AvgIpc) is 2.52. The highest BCUT2D eigenvalue weighted by atomic mass is 19.4. The Labute approximate surface area is 132 Å². The third kappa shape index (κ3) is 4.12. The van der Waals surface area contributed by atoms with Crippen LogP contribution < -0.4 is 5.32 Å². The van der Waals surface area contributed by atoms with Gasteiger partial charge >= 0.3 is 6.18 Å². The minimum absolute atomic E-state index is 0.185. The second-order valence-corrected chi connectivity index (χ2v) is 5.20. The molecule has 1 aromatic rings. The first-order valence-electron chi connectivity index (χ1n) is 7.26. The van der Waals surface area contributed by atoms with Gasteiger partial charge in [0.25, 0.3) is 0 Å². The summed E-state index contributed by atoms with van der Waals surface area (Å²) in [7, 11) is 0. The molecule has 1 unspecified atom stereocenters.